The molecular weight excluding hydrogens is 274 g/mol. The van der Waals surface area contributed by atoms with Crippen molar-refractivity contribution in [2.24, 2.45) is 5.92 Å². The van der Waals surface area contributed by atoms with Gasteiger partial charge in [-0.3, -0.25) is 4.79 Å². The van der Waals surface area contributed by atoms with Crippen LogP contribution in [0.15, 0.2) is 29.2 Å². The normalized spacial score (nSPS) is 13.4. The van der Waals surface area contributed by atoms with Gasteiger partial charge in [-0.1, -0.05) is 32.9 Å². The van der Waals surface area contributed by atoms with Gasteiger partial charge in [-0.25, -0.2) is 13.1 Å². The molecular formula is C15H23NO3S. The first kappa shape index (κ1) is 16.9. The van der Waals surface area contributed by atoms with Crippen LogP contribution in [0.25, 0.3) is 0 Å². The summed E-state index contributed by atoms with van der Waals surface area (Å²) in [4.78, 5) is 12.1. The molecule has 0 aromatic heterocycles. The van der Waals surface area contributed by atoms with Gasteiger partial charge in [0.05, 0.1) is 4.90 Å². The van der Waals surface area contributed by atoms with Crippen molar-refractivity contribution in [2.75, 3.05) is 0 Å². The molecule has 0 aliphatic heterocycles. The van der Waals surface area contributed by atoms with Gasteiger partial charge in [-0.2, -0.15) is 0 Å². The smallest absolute Gasteiger partial charge is 0.240 e. The van der Waals surface area contributed by atoms with Crippen LogP contribution in [0.5, 0.6) is 0 Å². The van der Waals surface area contributed by atoms with E-state index in [9.17, 15) is 13.2 Å². The first-order valence-corrected chi connectivity index (χ1v) is 8.40. The van der Waals surface area contributed by atoms with E-state index in [2.05, 4.69) is 4.72 Å². The predicted octanol–water partition coefficient (Wildman–Crippen LogP) is 2.99. The van der Waals surface area contributed by atoms with Crippen LogP contribution in [0.4, 0.5) is 0 Å². The van der Waals surface area contributed by atoms with E-state index in [0.717, 1.165) is 6.42 Å². The SMILES string of the molecule is CCC(C)NS(=O)(=O)c1ccc(C(=O)CC(C)C)cc1. The van der Waals surface area contributed by atoms with Crippen molar-refractivity contribution in [1.29, 1.82) is 0 Å². The number of benzene rings is 1. The van der Waals surface area contributed by atoms with E-state index in [1.807, 2.05) is 27.7 Å². The molecule has 4 nitrogen and oxygen atoms in total. The minimum atomic E-state index is -3.50. The molecule has 0 amide bonds. The van der Waals surface area contributed by atoms with Crippen LogP contribution in [0.3, 0.4) is 0 Å². The van der Waals surface area contributed by atoms with E-state index < -0.39 is 10.0 Å². The fourth-order valence-corrected chi connectivity index (χ4v) is 3.05. The largest absolute Gasteiger partial charge is 0.294 e. The zero-order chi connectivity index (χ0) is 15.3. The van der Waals surface area contributed by atoms with E-state index in [0.29, 0.717) is 12.0 Å². The molecule has 0 saturated carbocycles. The Morgan fingerprint density at radius 2 is 1.70 bits per heavy atom. The van der Waals surface area contributed by atoms with E-state index in [1.165, 1.54) is 12.1 Å². The van der Waals surface area contributed by atoms with Crippen molar-refractivity contribution >= 4 is 15.8 Å². The van der Waals surface area contributed by atoms with E-state index >= 15 is 0 Å². The number of hydrogen-bond acceptors (Lipinski definition) is 3. The lowest BCUT2D eigenvalue weighted by molar-refractivity contribution is 0.0967. The van der Waals surface area contributed by atoms with Crippen molar-refractivity contribution in [1.82, 2.24) is 4.72 Å². The molecule has 0 saturated heterocycles. The zero-order valence-corrected chi connectivity index (χ0v) is 13.3. The molecule has 0 spiro atoms. The van der Waals surface area contributed by atoms with E-state index in [-0.39, 0.29) is 22.6 Å². The van der Waals surface area contributed by atoms with Gasteiger partial charge >= 0.3 is 0 Å². The molecule has 20 heavy (non-hydrogen) atoms. The molecule has 1 rings (SSSR count). The number of rotatable bonds is 7. The van der Waals surface area contributed by atoms with Crippen molar-refractivity contribution < 1.29 is 13.2 Å². The van der Waals surface area contributed by atoms with Crippen LogP contribution in [0.1, 0.15) is 50.9 Å². The van der Waals surface area contributed by atoms with Crippen LogP contribution in [0, 0.1) is 5.92 Å². The van der Waals surface area contributed by atoms with Gasteiger partial charge in [0.2, 0.25) is 10.0 Å². The molecule has 1 N–H and O–H groups in total. The topological polar surface area (TPSA) is 63.2 Å². The Labute approximate surface area is 121 Å². The number of carbonyl (C=O) groups is 1. The average Bonchev–Trinajstić information content (AvgIpc) is 2.37. The Bertz CT molecular complexity index is 547. The summed E-state index contributed by atoms with van der Waals surface area (Å²) in [6.07, 6.45) is 1.20. The Balaban J connectivity index is 2.88. The Hall–Kier alpha value is -1.20. The predicted molar refractivity (Wildman–Crippen MR) is 80.3 cm³/mol. The number of ketones is 1. The van der Waals surface area contributed by atoms with Crippen molar-refractivity contribution in [3.8, 4) is 0 Å². The summed E-state index contributed by atoms with van der Waals surface area (Å²) < 4.78 is 26.7. The lowest BCUT2D eigenvalue weighted by Gasteiger charge is -2.12. The fourth-order valence-electron chi connectivity index (χ4n) is 1.72. The maximum atomic E-state index is 12.1. The van der Waals surface area contributed by atoms with Gasteiger partial charge < -0.3 is 0 Å². The second kappa shape index (κ2) is 6.99. The molecule has 0 bridgehead atoms. The highest BCUT2D eigenvalue weighted by Crippen LogP contribution is 2.14. The lowest BCUT2D eigenvalue weighted by Crippen LogP contribution is -2.31. The third-order valence-corrected chi connectivity index (χ3v) is 4.65. The lowest BCUT2D eigenvalue weighted by atomic mass is 10.0. The maximum absolute atomic E-state index is 12.1. The molecule has 0 radical (unpaired) electrons. The van der Waals surface area contributed by atoms with E-state index in [4.69, 9.17) is 0 Å². The molecule has 1 aromatic rings. The molecule has 5 heteroatoms. The maximum Gasteiger partial charge on any atom is 0.240 e. The summed E-state index contributed by atoms with van der Waals surface area (Å²) >= 11 is 0. The third-order valence-electron chi connectivity index (χ3n) is 3.05. The first-order chi connectivity index (χ1) is 9.26. The monoisotopic (exact) mass is 297 g/mol. The zero-order valence-electron chi connectivity index (χ0n) is 12.5. The van der Waals surface area contributed by atoms with Crippen molar-refractivity contribution in [3.05, 3.63) is 29.8 Å². The highest BCUT2D eigenvalue weighted by Gasteiger charge is 2.17. The van der Waals surface area contributed by atoms with Gasteiger partial charge in [-0.05, 0) is 31.4 Å². The van der Waals surface area contributed by atoms with Crippen LogP contribution >= 0.6 is 0 Å². The highest BCUT2D eigenvalue weighted by molar-refractivity contribution is 7.89. The summed E-state index contributed by atoms with van der Waals surface area (Å²) in [6.45, 7) is 7.69. The van der Waals surface area contributed by atoms with E-state index in [1.54, 1.807) is 12.1 Å². The summed E-state index contributed by atoms with van der Waals surface area (Å²) in [5, 5.41) is 0. The minimum absolute atomic E-state index is 0.0406. The molecule has 0 aliphatic carbocycles. The number of sulfonamides is 1. The van der Waals surface area contributed by atoms with Crippen LogP contribution in [-0.2, 0) is 10.0 Å². The Morgan fingerprint density at radius 1 is 1.15 bits per heavy atom. The number of nitrogens with one attached hydrogen (secondary N) is 1. The van der Waals surface area contributed by atoms with Crippen molar-refractivity contribution in [2.45, 2.75) is 51.5 Å². The average molecular weight is 297 g/mol. The molecule has 1 unspecified atom stereocenters. The second-order valence-electron chi connectivity index (χ2n) is 5.48. The van der Waals surface area contributed by atoms with Crippen molar-refractivity contribution in [3.63, 3.8) is 0 Å². The molecule has 1 aromatic carbocycles. The van der Waals surface area contributed by atoms with Crippen LogP contribution < -0.4 is 4.72 Å². The second-order valence-corrected chi connectivity index (χ2v) is 7.19. The van der Waals surface area contributed by atoms with Crippen LogP contribution in [-0.4, -0.2) is 20.2 Å². The van der Waals surface area contributed by atoms with Crippen LogP contribution in [0.2, 0.25) is 0 Å². The Kier molecular flexibility index (Phi) is 5.89. The minimum Gasteiger partial charge on any atom is -0.294 e. The van der Waals surface area contributed by atoms with Gasteiger partial charge in [-0.15, -0.1) is 0 Å². The summed E-state index contributed by atoms with van der Waals surface area (Å²) in [7, 11) is -3.50. The fraction of sp³-hybridized carbons (Fsp3) is 0.533. The molecule has 0 fully saturated rings. The van der Waals surface area contributed by atoms with Gasteiger partial charge in [0.1, 0.15) is 0 Å². The molecule has 112 valence electrons. The van der Waals surface area contributed by atoms with Gasteiger partial charge in [0.25, 0.3) is 0 Å². The standard InChI is InChI=1S/C15H23NO3S/c1-5-12(4)16-20(18,19)14-8-6-13(7-9-14)15(17)10-11(2)3/h6-9,11-12,16H,5,10H2,1-4H3. The molecule has 0 heterocycles. The number of hydrogen-bond donors (Lipinski definition) is 1. The third kappa shape index (κ3) is 4.72. The Morgan fingerprint density at radius 3 is 2.15 bits per heavy atom. The summed E-state index contributed by atoms with van der Waals surface area (Å²) in [5.41, 5.74) is 0.557. The van der Waals surface area contributed by atoms with Gasteiger partial charge in [0, 0.05) is 18.0 Å². The first-order valence-electron chi connectivity index (χ1n) is 6.91. The summed E-state index contributed by atoms with van der Waals surface area (Å²) in [6, 6.07) is 6.02. The molecule has 0 aliphatic rings. The molecule has 1 atom stereocenters. The quantitative estimate of drug-likeness (QED) is 0.787. The number of Topliss-reactive ketones (excluding diaryl/α,β-unsaturated/α-hetero) is 1. The summed E-state index contributed by atoms with van der Waals surface area (Å²) in [5.74, 6) is 0.330. The van der Waals surface area contributed by atoms with Gasteiger partial charge in [0.15, 0.2) is 5.78 Å². The highest BCUT2D eigenvalue weighted by atomic mass is 32.2. The number of carbonyl (C=O) groups excluding carboxylic acids is 1.